The second-order valence-electron chi connectivity index (χ2n) is 12.3. The quantitative estimate of drug-likeness (QED) is 0.593. The molecule has 38 heavy (non-hydrogen) atoms. The van der Waals surface area contributed by atoms with Crippen molar-refractivity contribution in [1.29, 1.82) is 0 Å². The fourth-order valence-corrected chi connectivity index (χ4v) is 7.78. The third kappa shape index (κ3) is 4.83. The van der Waals surface area contributed by atoms with Crippen molar-refractivity contribution in [2.75, 3.05) is 62.3 Å². The van der Waals surface area contributed by atoms with E-state index in [9.17, 15) is 9.59 Å². The van der Waals surface area contributed by atoms with Crippen LogP contribution >= 0.6 is 0 Å². The van der Waals surface area contributed by atoms with Crippen molar-refractivity contribution in [1.82, 2.24) is 9.80 Å². The number of hydrogen-bond donors (Lipinski definition) is 0. The van der Waals surface area contributed by atoms with Gasteiger partial charge in [-0.25, -0.2) is 4.39 Å². The topological polar surface area (TPSA) is 56.3 Å². The zero-order valence-electron chi connectivity index (χ0n) is 22.9. The van der Waals surface area contributed by atoms with Crippen LogP contribution < -0.4 is 9.80 Å². The third-order valence-corrected chi connectivity index (χ3v) is 10.2. The number of ether oxygens (including phenoxy) is 1. The first-order valence-corrected chi connectivity index (χ1v) is 14.9. The molecule has 0 bridgehead atoms. The van der Waals surface area contributed by atoms with E-state index in [2.05, 4.69) is 16.7 Å². The molecule has 5 aliphatic rings. The maximum absolute atomic E-state index is 15.6. The van der Waals surface area contributed by atoms with E-state index in [1.165, 1.54) is 19.4 Å². The van der Waals surface area contributed by atoms with Gasteiger partial charge in [0.1, 0.15) is 5.82 Å². The van der Waals surface area contributed by atoms with Crippen molar-refractivity contribution in [2.45, 2.75) is 76.8 Å². The molecule has 0 N–H and O–H groups in total. The van der Waals surface area contributed by atoms with Gasteiger partial charge in [0.15, 0.2) is 0 Å². The number of anilines is 2. The first kappa shape index (κ1) is 26.1. The number of rotatable bonds is 4. The molecular weight excluding hydrogens is 483 g/mol. The minimum absolute atomic E-state index is 0.0397. The first-order valence-electron chi connectivity index (χ1n) is 14.9. The van der Waals surface area contributed by atoms with E-state index < -0.39 is 5.41 Å². The number of carbonyl (C=O) groups excluding carboxylic acids is 2. The zero-order valence-corrected chi connectivity index (χ0v) is 22.9. The minimum Gasteiger partial charge on any atom is -0.381 e. The number of piperidine rings is 2. The van der Waals surface area contributed by atoms with Crippen molar-refractivity contribution >= 4 is 23.2 Å². The Morgan fingerprint density at radius 2 is 1.76 bits per heavy atom. The fraction of sp³-hybridized carbons (Fsp3) is 0.733. The van der Waals surface area contributed by atoms with E-state index in [0.717, 1.165) is 50.9 Å². The SMILES string of the molecule is C[C@H]1CCCN1[C@H]1CCN(c2ccc(N3CCCC4(CCN(C(=O)C5CCOCC5)CC4)C3=O)c(F)c2)C1. The van der Waals surface area contributed by atoms with Crippen LogP contribution in [0.5, 0.6) is 0 Å². The molecule has 0 aliphatic carbocycles. The smallest absolute Gasteiger partial charge is 0.233 e. The minimum atomic E-state index is -0.482. The molecule has 1 aromatic rings. The van der Waals surface area contributed by atoms with Crippen LogP contribution in [0.4, 0.5) is 15.8 Å². The predicted octanol–water partition coefficient (Wildman–Crippen LogP) is 4.05. The summed E-state index contributed by atoms with van der Waals surface area (Å²) in [4.78, 5) is 35.4. The average Bonchev–Trinajstić information content (AvgIpc) is 3.60. The molecule has 8 heteroatoms. The number of carbonyl (C=O) groups is 2. The lowest BCUT2D eigenvalue weighted by atomic mass is 9.71. The highest BCUT2D eigenvalue weighted by atomic mass is 19.1. The number of likely N-dealkylation sites (tertiary alicyclic amines) is 2. The highest BCUT2D eigenvalue weighted by Gasteiger charge is 2.47. The summed E-state index contributed by atoms with van der Waals surface area (Å²) in [6, 6.07) is 6.63. The van der Waals surface area contributed by atoms with E-state index in [0.29, 0.717) is 63.5 Å². The Balaban J connectivity index is 1.10. The van der Waals surface area contributed by atoms with Crippen LogP contribution in [-0.2, 0) is 14.3 Å². The Kier molecular flexibility index (Phi) is 7.38. The van der Waals surface area contributed by atoms with Crippen LogP contribution in [-0.4, -0.2) is 86.2 Å². The molecule has 0 aromatic heterocycles. The van der Waals surface area contributed by atoms with Gasteiger partial charge in [-0.05, 0) is 89.5 Å². The summed E-state index contributed by atoms with van der Waals surface area (Å²) in [6.07, 6.45) is 8.27. The molecule has 0 unspecified atom stereocenters. The van der Waals surface area contributed by atoms with Crippen molar-refractivity contribution in [3.05, 3.63) is 24.0 Å². The Morgan fingerprint density at radius 3 is 2.47 bits per heavy atom. The second-order valence-corrected chi connectivity index (χ2v) is 12.3. The van der Waals surface area contributed by atoms with Gasteiger partial charge in [0.05, 0.1) is 11.1 Å². The lowest BCUT2D eigenvalue weighted by molar-refractivity contribution is -0.145. The van der Waals surface area contributed by atoms with E-state index >= 15 is 4.39 Å². The van der Waals surface area contributed by atoms with Gasteiger partial charge in [-0.15, -0.1) is 0 Å². The summed E-state index contributed by atoms with van der Waals surface area (Å²) >= 11 is 0. The molecule has 0 saturated carbocycles. The van der Waals surface area contributed by atoms with Gasteiger partial charge in [0.25, 0.3) is 0 Å². The molecule has 5 aliphatic heterocycles. The lowest BCUT2D eigenvalue weighted by Crippen LogP contribution is -2.55. The Hall–Kier alpha value is -2.19. The van der Waals surface area contributed by atoms with Gasteiger partial charge in [-0.3, -0.25) is 14.5 Å². The number of nitrogens with zero attached hydrogens (tertiary/aromatic N) is 4. The van der Waals surface area contributed by atoms with Gasteiger partial charge >= 0.3 is 0 Å². The summed E-state index contributed by atoms with van der Waals surface area (Å²) in [6.45, 7) is 8.48. The summed E-state index contributed by atoms with van der Waals surface area (Å²) in [5.41, 5.74) is 0.840. The van der Waals surface area contributed by atoms with Crippen LogP contribution in [0, 0.1) is 17.2 Å². The van der Waals surface area contributed by atoms with Gasteiger partial charge in [0, 0.05) is 69.6 Å². The summed E-state index contributed by atoms with van der Waals surface area (Å²) < 4.78 is 21.0. The van der Waals surface area contributed by atoms with Crippen molar-refractivity contribution in [3.63, 3.8) is 0 Å². The molecule has 6 rings (SSSR count). The van der Waals surface area contributed by atoms with Crippen LogP contribution in [0.25, 0.3) is 0 Å². The molecule has 5 saturated heterocycles. The largest absolute Gasteiger partial charge is 0.381 e. The highest BCUT2D eigenvalue weighted by molar-refractivity contribution is 5.99. The highest BCUT2D eigenvalue weighted by Crippen LogP contribution is 2.43. The van der Waals surface area contributed by atoms with Crippen LogP contribution in [0.2, 0.25) is 0 Å². The van der Waals surface area contributed by atoms with E-state index in [1.807, 2.05) is 17.0 Å². The maximum atomic E-state index is 15.6. The molecule has 208 valence electrons. The molecular formula is C30H43FN4O3. The van der Waals surface area contributed by atoms with Crippen LogP contribution in [0.15, 0.2) is 18.2 Å². The maximum Gasteiger partial charge on any atom is 0.233 e. The predicted molar refractivity (Wildman–Crippen MR) is 146 cm³/mol. The fourth-order valence-electron chi connectivity index (χ4n) is 7.78. The van der Waals surface area contributed by atoms with Gasteiger partial charge in [-0.1, -0.05) is 0 Å². The zero-order chi connectivity index (χ0) is 26.3. The van der Waals surface area contributed by atoms with E-state index in [1.54, 1.807) is 11.0 Å². The molecule has 0 radical (unpaired) electrons. The van der Waals surface area contributed by atoms with Gasteiger partial charge in [-0.2, -0.15) is 0 Å². The van der Waals surface area contributed by atoms with Crippen LogP contribution in [0.3, 0.4) is 0 Å². The Labute approximate surface area is 226 Å². The first-order chi connectivity index (χ1) is 18.4. The van der Waals surface area contributed by atoms with Crippen molar-refractivity contribution in [2.24, 2.45) is 11.3 Å². The standard InChI is InChI=1S/C30H43FN4O3/c1-22-4-2-13-34(22)25-7-15-33(21-25)24-5-6-27(26(31)20-24)35-14-3-10-30(29(35)37)11-16-32(17-12-30)28(36)23-8-18-38-19-9-23/h5-6,20,22-23,25H,2-4,7-19,21H2,1H3/t22-,25-/m0/s1. The molecule has 7 nitrogen and oxygen atoms in total. The molecule has 2 atom stereocenters. The molecule has 1 spiro atoms. The molecule has 2 amide bonds. The van der Waals surface area contributed by atoms with Crippen LogP contribution in [0.1, 0.15) is 64.7 Å². The van der Waals surface area contributed by atoms with E-state index in [4.69, 9.17) is 4.74 Å². The lowest BCUT2D eigenvalue weighted by Gasteiger charge is -2.47. The number of benzene rings is 1. The van der Waals surface area contributed by atoms with Crippen molar-refractivity contribution < 1.29 is 18.7 Å². The van der Waals surface area contributed by atoms with Crippen molar-refractivity contribution in [3.8, 4) is 0 Å². The monoisotopic (exact) mass is 526 g/mol. The normalized spacial score (nSPS) is 29.0. The molecule has 5 heterocycles. The number of hydrogen-bond acceptors (Lipinski definition) is 5. The Morgan fingerprint density at radius 1 is 0.974 bits per heavy atom. The number of amides is 2. The molecule has 1 aromatic carbocycles. The van der Waals surface area contributed by atoms with Gasteiger partial charge < -0.3 is 19.4 Å². The Bertz CT molecular complexity index is 1040. The van der Waals surface area contributed by atoms with E-state index in [-0.39, 0.29) is 23.5 Å². The summed E-state index contributed by atoms with van der Waals surface area (Å²) in [5.74, 6) is -0.00214. The molecule has 5 fully saturated rings. The summed E-state index contributed by atoms with van der Waals surface area (Å²) in [5, 5.41) is 0. The third-order valence-electron chi connectivity index (χ3n) is 10.2. The van der Waals surface area contributed by atoms with Gasteiger partial charge in [0.2, 0.25) is 11.8 Å². The average molecular weight is 527 g/mol. The number of halogens is 1. The summed E-state index contributed by atoms with van der Waals surface area (Å²) in [7, 11) is 0. The second kappa shape index (κ2) is 10.8.